The number of hydrogen-bond acceptors (Lipinski definition) is 6. The average molecular weight is 495 g/mol. The molecule has 0 aliphatic heterocycles. The normalized spacial score (nSPS) is 12.7. The number of aryl methyl sites for hydroxylation is 1. The highest BCUT2D eigenvalue weighted by atomic mass is 32.2. The van der Waals surface area contributed by atoms with E-state index >= 15 is 0 Å². The zero-order chi connectivity index (χ0) is 24.9. The van der Waals surface area contributed by atoms with Gasteiger partial charge < -0.3 is 0 Å². The summed E-state index contributed by atoms with van der Waals surface area (Å²) in [4.78, 5) is 8.66. The van der Waals surface area contributed by atoms with Gasteiger partial charge in [-0.15, -0.1) is 0 Å². The number of pyridine rings is 2. The Kier molecular flexibility index (Phi) is 5.86. The van der Waals surface area contributed by atoms with E-state index in [1.54, 1.807) is 33.2 Å². The quantitative estimate of drug-likeness (QED) is 0.389. The van der Waals surface area contributed by atoms with Crippen LogP contribution in [0.15, 0.2) is 72.0 Å². The molecule has 0 unspecified atom stereocenters. The number of nitrogens with zero attached hydrogens (tertiary/aromatic N) is 2. The number of rotatable bonds is 5. The number of sulfone groups is 2. The van der Waals surface area contributed by atoms with Crippen molar-refractivity contribution in [2.45, 2.75) is 30.5 Å². The second-order valence-electron chi connectivity index (χ2n) is 9.08. The molecule has 0 N–H and O–H groups in total. The number of benzene rings is 2. The second-order valence-corrected chi connectivity index (χ2v) is 13.6. The van der Waals surface area contributed by atoms with Crippen LogP contribution in [0, 0.1) is 6.92 Å². The molecule has 2 aromatic heterocycles. The summed E-state index contributed by atoms with van der Waals surface area (Å²) in [6.45, 7) is 5.13. The fraction of sp³-hybridized carbons (Fsp3) is 0.231. The highest BCUT2D eigenvalue weighted by Crippen LogP contribution is 2.37. The average Bonchev–Trinajstić information content (AvgIpc) is 2.76. The van der Waals surface area contributed by atoms with E-state index in [1.165, 1.54) is 6.26 Å². The summed E-state index contributed by atoms with van der Waals surface area (Å²) in [5.41, 5.74) is 5.33. The monoisotopic (exact) mass is 494 g/mol. The molecule has 0 saturated carbocycles. The van der Waals surface area contributed by atoms with Gasteiger partial charge in [0.1, 0.15) is 0 Å². The molecule has 0 saturated heterocycles. The minimum atomic E-state index is -3.42. The van der Waals surface area contributed by atoms with Crippen molar-refractivity contribution < 1.29 is 16.8 Å². The van der Waals surface area contributed by atoms with Gasteiger partial charge in [0.15, 0.2) is 24.7 Å². The van der Waals surface area contributed by atoms with E-state index in [0.717, 1.165) is 33.9 Å². The highest BCUT2D eigenvalue weighted by molar-refractivity contribution is 7.91. The van der Waals surface area contributed by atoms with Gasteiger partial charge in [-0.3, -0.25) is 4.98 Å². The Labute approximate surface area is 200 Å². The Hall–Kier alpha value is -3.10. The van der Waals surface area contributed by atoms with E-state index < -0.39 is 24.4 Å². The molecule has 0 aliphatic rings. The van der Waals surface area contributed by atoms with Crippen molar-refractivity contribution >= 4 is 30.6 Å². The van der Waals surface area contributed by atoms with Gasteiger partial charge in [-0.2, -0.15) is 0 Å². The van der Waals surface area contributed by atoms with Crippen molar-refractivity contribution in [1.82, 2.24) is 9.97 Å². The van der Waals surface area contributed by atoms with E-state index in [4.69, 9.17) is 0 Å². The van der Waals surface area contributed by atoms with E-state index in [9.17, 15) is 16.8 Å². The van der Waals surface area contributed by atoms with Crippen molar-refractivity contribution in [3.8, 4) is 22.3 Å². The molecule has 0 fully saturated rings. The maximum Gasteiger partial charge on any atom is 0.193 e. The minimum absolute atomic E-state index is 0.0714. The first-order valence-corrected chi connectivity index (χ1v) is 14.4. The first kappa shape index (κ1) is 24.0. The third-order valence-electron chi connectivity index (χ3n) is 6.19. The fourth-order valence-corrected chi connectivity index (χ4v) is 5.45. The molecule has 0 bridgehead atoms. The van der Waals surface area contributed by atoms with Crippen LogP contribution in [0.1, 0.15) is 25.0 Å². The molecule has 8 heteroatoms. The van der Waals surface area contributed by atoms with Crippen molar-refractivity contribution in [1.29, 1.82) is 0 Å². The van der Waals surface area contributed by atoms with Crippen LogP contribution in [0.4, 0.5) is 0 Å². The third kappa shape index (κ3) is 4.35. The summed E-state index contributed by atoms with van der Waals surface area (Å²) in [6, 6.07) is 17.3. The lowest BCUT2D eigenvalue weighted by Crippen LogP contribution is -2.28. The summed E-state index contributed by atoms with van der Waals surface area (Å²) in [5.74, 6) is 0. The third-order valence-corrected chi connectivity index (χ3v) is 9.39. The lowest BCUT2D eigenvalue weighted by molar-refractivity contribution is 0.562. The SMILES string of the molecule is Cc1cc(-c2cccc(-c3cc(C(C)(C)S(C)(=O)=O)c4ncccc4c3)c2)cnc1S(C)(=O)=O. The molecule has 176 valence electrons. The molecule has 2 heterocycles. The van der Waals surface area contributed by atoms with Crippen molar-refractivity contribution in [2.75, 3.05) is 12.5 Å². The van der Waals surface area contributed by atoms with Crippen LogP contribution in [-0.2, 0) is 24.4 Å². The minimum Gasteiger partial charge on any atom is -0.256 e. The molecular weight excluding hydrogens is 468 g/mol. The van der Waals surface area contributed by atoms with Gasteiger partial charge in [0, 0.05) is 35.9 Å². The molecule has 0 aliphatic carbocycles. The van der Waals surface area contributed by atoms with Crippen LogP contribution in [-0.4, -0.2) is 39.3 Å². The Morgan fingerprint density at radius 1 is 0.765 bits per heavy atom. The van der Waals surface area contributed by atoms with Crippen LogP contribution >= 0.6 is 0 Å². The van der Waals surface area contributed by atoms with Gasteiger partial charge in [-0.05, 0) is 78.9 Å². The second kappa shape index (κ2) is 8.29. The number of hydrogen-bond donors (Lipinski definition) is 0. The van der Waals surface area contributed by atoms with Gasteiger partial charge in [0.2, 0.25) is 0 Å². The van der Waals surface area contributed by atoms with Crippen LogP contribution < -0.4 is 0 Å². The lowest BCUT2D eigenvalue weighted by atomic mass is 9.92. The predicted octanol–water partition coefficient (Wildman–Crippen LogP) is 4.96. The Morgan fingerprint density at radius 2 is 1.44 bits per heavy atom. The molecule has 4 aromatic rings. The van der Waals surface area contributed by atoms with Gasteiger partial charge in [0.05, 0.1) is 10.3 Å². The first-order chi connectivity index (χ1) is 15.8. The van der Waals surface area contributed by atoms with Crippen LogP contribution in [0.5, 0.6) is 0 Å². The Bertz CT molecular complexity index is 1640. The molecule has 6 nitrogen and oxygen atoms in total. The fourth-order valence-electron chi connectivity index (χ4n) is 4.00. The van der Waals surface area contributed by atoms with Gasteiger partial charge in [0.25, 0.3) is 0 Å². The van der Waals surface area contributed by atoms with E-state index in [2.05, 4.69) is 9.97 Å². The van der Waals surface area contributed by atoms with Crippen LogP contribution in [0.2, 0.25) is 0 Å². The Morgan fingerprint density at radius 3 is 2.06 bits per heavy atom. The molecule has 0 atom stereocenters. The standard InChI is InChI=1S/C26H26N2O4S2/c1-17-12-22(16-28-25(17)33(4,29)30)19-9-6-8-18(13-19)21-14-20-10-7-11-27-24(20)23(15-21)26(2,3)34(5,31)32/h6-16H,1-5H3. The smallest absolute Gasteiger partial charge is 0.193 e. The maximum atomic E-state index is 12.6. The molecule has 0 radical (unpaired) electrons. The molecular formula is C26H26N2O4S2. The summed E-state index contributed by atoms with van der Waals surface area (Å²) < 4.78 is 48.0. The summed E-state index contributed by atoms with van der Waals surface area (Å²) >= 11 is 0. The van der Waals surface area contributed by atoms with E-state index in [0.29, 0.717) is 16.6 Å². The molecule has 2 aromatic carbocycles. The molecule has 0 spiro atoms. The van der Waals surface area contributed by atoms with Gasteiger partial charge in [-0.1, -0.05) is 24.3 Å². The topological polar surface area (TPSA) is 94.1 Å². The molecule has 0 amide bonds. The lowest BCUT2D eigenvalue weighted by Gasteiger charge is -2.25. The van der Waals surface area contributed by atoms with Crippen molar-refractivity contribution in [3.05, 3.63) is 78.1 Å². The predicted molar refractivity (Wildman–Crippen MR) is 136 cm³/mol. The van der Waals surface area contributed by atoms with Gasteiger partial charge >= 0.3 is 0 Å². The summed E-state index contributed by atoms with van der Waals surface area (Å²) in [6.07, 6.45) is 5.61. The number of fused-ring (bicyclic) bond motifs is 1. The summed E-state index contributed by atoms with van der Waals surface area (Å²) in [7, 11) is -6.82. The van der Waals surface area contributed by atoms with Crippen molar-refractivity contribution in [3.63, 3.8) is 0 Å². The van der Waals surface area contributed by atoms with Crippen LogP contribution in [0.25, 0.3) is 33.2 Å². The van der Waals surface area contributed by atoms with E-state index in [-0.39, 0.29) is 5.03 Å². The van der Waals surface area contributed by atoms with Gasteiger partial charge in [-0.25, -0.2) is 21.8 Å². The van der Waals surface area contributed by atoms with E-state index in [1.807, 2.05) is 54.6 Å². The largest absolute Gasteiger partial charge is 0.256 e. The Balaban J connectivity index is 1.89. The summed E-state index contributed by atoms with van der Waals surface area (Å²) in [5, 5.41) is 0.925. The maximum absolute atomic E-state index is 12.6. The number of aromatic nitrogens is 2. The highest BCUT2D eigenvalue weighted by Gasteiger charge is 2.34. The zero-order valence-corrected chi connectivity index (χ0v) is 21.3. The van der Waals surface area contributed by atoms with Crippen LogP contribution in [0.3, 0.4) is 0 Å². The zero-order valence-electron chi connectivity index (χ0n) is 19.7. The molecule has 34 heavy (non-hydrogen) atoms. The first-order valence-electron chi connectivity index (χ1n) is 10.7. The van der Waals surface area contributed by atoms with Crippen molar-refractivity contribution in [2.24, 2.45) is 0 Å². The molecule has 4 rings (SSSR count).